The van der Waals surface area contributed by atoms with Crippen LogP contribution < -0.4 is 15.2 Å². The Hall–Kier alpha value is -2.87. The van der Waals surface area contributed by atoms with E-state index in [1.54, 1.807) is 12.1 Å². The number of rotatable bonds is 10. The van der Waals surface area contributed by atoms with Crippen molar-refractivity contribution in [2.24, 2.45) is 0 Å². The molecular weight excluding hydrogens is 609 g/mol. The molecule has 12 nitrogen and oxygen atoms in total. The molecule has 0 bridgehead atoms. The molecule has 1 saturated heterocycles. The number of nitrogens with one attached hydrogen (secondary N) is 2. The van der Waals surface area contributed by atoms with Gasteiger partial charge in [0.25, 0.3) is 5.56 Å². The van der Waals surface area contributed by atoms with E-state index in [9.17, 15) is 24.4 Å². The Morgan fingerprint density at radius 1 is 1.26 bits per heavy atom. The van der Waals surface area contributed by atoms with Crippen molar-refractivity contribution in [2.45, 2.75) is 62.6 Å². The summed E-state index contributed by atoms with van der Waals surface area (Å²) in [6.45, 7) is 2.80. The second-order valence-electron chi connectivity index (χ2n) is 10.4. The zero-order valence-electron chi connectivity index (χ0n) is 22.5. The third kappa shape index (κ3) is 6.24. The number of hydrogen-bond donors (Lipinski definition) is 4. The maximum Gasteiger partial charge on any atom is 0.459 e. The van der Waals surface area contributed by atoms with Crippen LogP contribution in [0.25, 0.3) is 0 Å². The van der Waals surface area contributed by atoms with Gasteiger partial charge in [0, 0.05) is 23.7 Å². The van der Waals surface area contributed by atoms with Crippen molar-refractivity contribution in [3.8, 4) is 5.75 Å². The van der Waals surface area contributed by atoms with Gasteiger partial charge in [-0.1, -0.05) is 41.9 Å². The van der Waals surface area contributed by atoms with Crippen LogP contribution in [0.5, 0.6) is 5.75 Å². The number of aliphatic hydroxyl groups is 2. The van der Waals surface area contributed by atoms with Gasteiger partial charge in [0.2, 0.25) is 0 Å². The minimum atomic E-state index is -4.35. The number of aromatic amines is 1. The monoisotopic (exact) mass is 637 g/mol. The summed E-state index contributed by atoms with van der Waals surface area (Å²) in [5.74, 6) is -0.576. The molecule has 1 aromatic heterocycles. The molecule has 2 aliphatic rings. The summed E-state index contributed by atoms with van der Waals surface area (Å²) in [5, 5.41) is 25.4. The number of carbonyl (C=O) groups excluding carboxylic acids is 1. The van der Waals surface area contributed by atoms with Gasteiger partial charge in [-0.2, -0.15) is 5.09 Å². The summed E-state index contributed by atoms with van der Waals surface area (Å²) >= 11 is 11.2. The maximum absolute atomic E-state index is 14.1. The van der Waals surface area contributed by atoms with Crippen molar-refractivity contribution < 1.29 is 38.1 Å². The number of ether oxygens (including phenoxy) is 2. The molecule has 1 spiro atoms. The van der Waals surface area contributed by atoms with Crippen molar-refractivity contribution in [1.82, 2.24) is 14.6 Å². The maximum atomic E-state index is 14.1. The molecule has 5 rings (SSSR count). The van der Waals surface area contributed by atoms with Crippen LogP contribution in [0.15, 0.2) is 71.7 Å². The quantitative estimate of drug-likeness (QED) is 0.146. The highest BCUT2D eigenvalue weighted by Crippen LogP contribution is 2.62. The number of halogens is 1. The second-order valence-corrected chi connectivity index (χ2v) is 12.8. The summed E-state index contributed by atoms with van der Waals surface area (Å²) in [4.78, 5) is 26.9. The Bertz CT molecular complexity index is 1620. The molecule has 2 heterocycles. The molecule has 2 fully saturated rings. The third-order valence-electron chi connectivity index (χ3n) is 7.08. The number of hydrogen-bond acceptors (Lipinski definition) is 10. The van der Waals surface area contributed by atoms with Crippen molar-refractivity contribution >= 4 is 37.5 Å². The fourth-order valence-corrected chi connectivity index (χ4v) is 6.87. The first-order valence-corrected chi connectivity index (χ1v) is 15.3. The van der Waals surface area contributed by atoms with E-state index in [0.29, 0.717) is 5.02 Å². The van der Waals surface area contributed by atoms with Gasteiger partial charge >= 0.3 is 13.7 Å². The molecule has 3 aromatic rings. The molecule has 0 radical (unpaired) electrons. The van der Waals surface area contributed by atoms with Crippen LogP contribution in [-0.2, 0) is 30.0 Å². The van der Waals surface area contributed by atoms with E-state index in [-0.39, 0.29) is 23.5 Å². The molecular formula is C27H29ClN3O9PS. The predicted molar refractivity (Wildman–Crippen MR) is 153 cm³/mol. The Morgan fingerprint density at radius 2 is 1.95 bits per heavy atom. The summed E-state index contributed by atoms with van der Waals surface area (Å²) in [6, 6.07) is 15.1. The Kier molecular flexibility index (Phi) is 8.49. The Labute approximate surface area is 250 Å². The van der Waals surface area contributed by atoms with E-state index < -0.39 is 55.0 Å². The number of esters is 1. The van der Waals surface area contributed by atoms with Crippen LogP contribution in [0.2, 0.25) is 5.02 Å². The molecule has 4 N–H and O–H groups in total. The predicted octanol–water partition coefficient (Wildman–Crippen LogP) is 3.64. The zero-order valence-corrected chi connectivity index (χ0v) is 25.0. The van der Waals surface area contributed by atoms with Gasteiger partial charge in [-0.3, -0.25) is 23.7 Å². The van der Waals surface area contributed by atoms with Crippen LogP contribution >= 0.6 is 31.6 Å². The van der Waals surface area contributed by atoms with E-state index in [0.717, 1.165) is 5.56 Å². The van der Waals surface area contributed by atoms with Crippen LogP contribution in [0.3, 0.4) is 0 Å². The van der Waals surface area contributed by atoms with Gasteiger partial charge in [-0.15, -0.1) is 0 Å². The molecule has 0 amide bonds. The average Bonchev–Trinajstić information content (AvgIpc) is 3.58. The topological polar surface area (TPSA) is 161 Å². The fourth-order valence-electron chi connectivity index (χ4n) is 4.76. The van der Waals surface area contributed by atoms with Gasteiger partial charge in [0.05, 0.1) is 0 Å². The number of carbonyl (C=O) groups is 1. The lowest BCUT2D eigenvalue weighted by atomic mass is 9.95. The Balaban J connectivity index is 1.35. The van der Waals surface area contributed by atoms with E-state index in [2.05, 4.69) is 10.1 Å². The van der Waals surface area contributed by atoms with Crippen LogP contribution in [0.4, 0.5) is 0 Å². The summed E-state index contributed by atoms with van der Waals surface area (Å²) < 4.78 is 38.4. The number of aromatic nitrogens is 2. The molecule has 224 valence electrons. The van der Waals surface area contributed by atoms with Gasteiger partial charge in [-0.25, -0.2) is 4.57 Å². The molecule has 1 saturated carbocycles. The van der Waals surface area contributed by atoms with Crippen molar-refractivity contribution in [1.29, 1.82) is 0 Å². The largest absolute Gasteiger partial charge is 0.460 e. The summed E-state index contributed by atoms with van der Waals surface area (Å²) in [6.07, 6.45) is -2.38. The highest BCUT2D eigenvalue weighted by atomic mass is 35.5. The van der Waals surface area contributed by atoms with Crippen LogP contribution in [-0.4, -0.2) is 55.2 Å². The zero-order chi connectivity index (χ0) is 30.3. The molecule has 7 unspecified atom stereocenters. The van der Waals surface area contributed by atoms with Crippen molar-refractivity contribution in [3.63, 3.8) is 0 Å². The van der Waals surface area contributed by atoms with E-state index in [1.807, 2.05) is 18.2 Å². The standard InChI is InChI=1S/C27H29ClN3O9PS/c1-16(22(33)37-15-17-6-4-3-5-7-17)30-41(36,39-19-10-8-18(28)9-11-19)40-20-14-27(20)23(34)26(2,35)24(38-27)31-13-12-21(32)29-25(31)42/h3-13,16,20,23-24,34-35H,14-15H2,1-2H3,(H,30,36)(H,29,32,42). The van der Waals surface area contributed by atoms with E-state index in [1.165, 1.54) is 54.9 Å². The second kappa shape index (κ2) is 11.7. The van der Waals surface area contributed by atoms with Gasteiger partial charge in [0.15, 0.2) is 11.0 Å². The molecule has 42 heavy (non-hydrogen) atoms. The lowest BCUT2D eigenvalue weighted by Crippen LogP contribution is -2.45. The smallest absolute Gasteiger partial charge is 0.459 e. The van der Waals surface area contributed by atoms with Crippen molar-refractivity contribution in [2.75, 3.05) is 0 Å². The number of aliphatic hydroxyl groups excluding tert-OH is 1. The first-order chi connectivity index (χ1) is 19.8. The van der Waals surface area contributed by atoms with Gasteiger partial charge in [0.1, 0.15) is 41.8 Å². The first kappa shape index (κ1) is 30.6. The molecule has 1 aliphatic carbocycles. The summed E-state index contributed by atoms with van der Waals surface area (Å²) in [5.41, 5.74) is -3.04. The van der Waals surface area contributed by atoms with E-state index >= 15 is 0 Å². The van der Waals surface area contributed by atoms with Crippen molar-refractivity contribution in [3.05, 3.63) is 92.6 Å². The highest BCUT2D eigenvalue weighted by Gasteiger charge is 2.75. The number of H-pyrrole nitrogens is 1. The minimum absolute atomic E-state index is 0.00436. The van der Waals surface area contributed by atoms with Gasteiger partial charge < -0.3 is 24.2 Å². The first-order valence-electron chi connectivity index (χ1n) is 12.9. The van der Waals surface area contributed by atoms with Crippen LogP contribution in [0, 0.1) is 4.77 Å². The summed E-state index contributed by atoms with van der Waals surface area (Å²) in [7, 11) is -4.35. The van der Waals surface area contributed by atoms with Gasteiger partial charge in [-0.05, 0) is 55.9 Å². The number of nitrogens with zero attached hydrogens (tertiary/aromatic N) is 1. The normalized spacial score (nSPS) is 28.6. The van der Waals surface area contributed by atoms with E-state index in [4.69, 9.17) is 42.3 Å². The minimum Gasteiger partial charge on any atom is -0.460 e. The average molecular weight is 638 g/mol. The molecule has 1 aliphatic heterocycles. The lowest BCUT2D eigenvalue weighted by molar-refractivity contribution is -0.146. The molecule has 7 atom stereocenters. The Morgan fingerprint density at radius 3 is 2.62 bits per heavy atom. The molecule has 2 aromatic carbocycles. The number of benzene rings is 2. The fraction of sp³-hybridized carbons (Fsp3) is 0.370. The SMILES string of the molecule is CC(NP(=O)(Oc1ccc(Cl)cc1)OC1CC12OC(n1ccc(=O)[nH]c1=S)C(C)(O)C2O)C(=O)OCc1ccccc1. The third-order valence-corrected chi connectivity index (χ3v) is 9.33. The molecule has 15 heteroatoms. The lowest BCUT2D eigenvalue weighted by Gasteiger charge is -2.28. The highest BCUT2D eigenvalue weighted by molar-refractivity contribution is 7.71. The van der Waals surface area contributed by atoms with Crippen LogP contribution in [0.1, 0.15) is 32.1 Å².